The molecule has 24 heavy (non-hydrogen) atoms. The molecule has 1 aromatic carbocycles. The average Bonchev–Trinajstić information content (AvgIpc) is 2.59. The quantitative estimate of drug-likeness (QED) is 0.784. The molecule has 1 aromatic heterocycles. The highest BCUT2D eigenvalue weighted by Gasteiger charge is 2.26. The van der Waals surface area contributed by atoms with E-state index in [1.807, 2.05) is 0 Å². The number of hydrogen-bond acceptors (Lipinski definition) is 6. The number of aromatic nitrogens is 1. The van der Waals surface area contributed by atoms with Crippen molar-refractivity contribution in [1.29, 1.82) is 0 Å². The lowest BCUT2D eigenvalue weighted by molar-refractivity contribution is 0.0980. The molecule has 128 valence electrons. The molecule has 0 bridgehead atoms. The first-order valence-corrected chi connectivity index (χ1v) is 7.33. The first-order valence-electron chi connectivity index (χ1n) is 7.33. The van der Waals surface area contributed by atoms with Gasteiger partial charge in [-0.25, -0.2) is 0 Å². The summed E-state index contributed by atoms with van der Waals surface area (Å²) in [5.41, 5.74) is -0.339. The summed E-state index contributed by atoms with van der Waals surface area (Å²) in [5.74, 6) is -1.44. The largest absolute Gasteiger partial charge is 0.503 e. The number of carbonyl (C=O) groups is 1. The summed E-state index contributed by atoms with van der Waals surface area (Å²) in [6.07, 6.45) is 0.0605. The van der Waals surface area contributed by atoms with Crippen molar-refractivity contribution in [3.8, 4) is 23.1 Å². The minimum Gasteiger partial charge on any atom is -0.503 e. The Morgan fingerprint density at radius 2 is 1.75 bits per heavy atom. The number of methoxy groups -OCH3 is 2. The molecule has 0 spiro atoms. The van der Waals surface area contributed by atoms with Gasteiger partial charge in [-0.1, -0.05) is 19.1 Å². The Labute approximate surface area is 138 Å². The number of hydrogen-bond donors (Lipinski definition) is 2. The van der Waals surface area contributed by atoms with Crippen LogP contribution in [0.2, 0.25) is 0 Å². The van der Waals surface area contributed by atoms with Gasteiger partial charge in [0.2, 0.25) is 11.6 Å². The molecular formula is C17H19NO6. The van der Waals surface area contributed by atoms with Gasteiger partial charge in [0.1, 0.15) is 11.3 Å². The Kier molecular flexibility index (Phi) is 5.13. The van der Waals surface area contributed by atoms with Gasteiger partial charge in [0, 0.05) is 6.42 Å². The van der Waals surface area contributed by atoms with E-state index in [0.717, 1.165) is 4.57 Å². The summed E-state index contributed by atoms with van der Waals surface area (Å²) in [5, 5.41) is 20.4. The molecular weight excluding hydrogens is 314 g/mol. The zero-order chi connectivity index (χ0) is 17.9. The molecule has 2 rings (SSSR count). The van der Waals surface area contributed by atoms with E-state index in [1.165, 1.54) is 7.11 Å². The van der Waals surface area contributed by atoms with Crippen LogP contribution in [0, 0.1) is 0 Å². The highest BCUT2D eigenvalue weighted by molar-refractivity contribution is 6.01. The summed E-state index contributed by atoms with van der Waals surface area (Å²) >= 11 is 0. The second-order valence-electron chi connectivity index (χ2n) is 5.10. The molecule has 0 radical (unpaired) electrons. The lowest BCUT2D eigenvalue weighted by atomic mass is 10.1. The number of pyridine rings is 1. The van der Waals surface area contributed by atoms with Crippen molar-refractivity contribution < 1.29 is 24.5 Å². The fourth-order valence-corrected chi connectivity index (χ4v) is 2.35. The normalized spacial score (nSPS) is 10.5. The van der Waals surface area contributed by atoms with Crippen LogP contribution in [0.25, 0.3) is 0 Å². The number of ether oxygens (including phenoxy) is 2. The number of nitrogens with zero attached hydrogens (tertiary/aromatic N) is 1. The first-order chi connectivity index (χ1) is 11.4. The molecule has 0 aliphatic carbocycles. The van der Waals surface area contributed by atoms with Gasteiger partial charge in [-0.3, -0.25) is 14.2 Å². The van der Waals surface area contributed by atoms with Crippen LogP contribution in [-0.4, -0.2) is 34.8 Å². The summed E-state index contributed by atoms with van der Waals surface area (Å²) in [7, 11) is 2.75. The van der Waals surface area contributed by atoms with Crippen molar-refractivity contribution >= 4 is 5.78 Å². The highest BCUT2D eigenvalue weighted by atomic mass is 16.5. The summed E-state index contributed by atoms with van der Waals surface area (Å²) in [6, 6.07) is 6.89. The Hall–Kier alpha value is -2.96. The molecule has 0 amide bonds. The van der Waals surface area contributed by atoms with Crippen LogP contribution in [0.1, 0.15) is 29.3 Å². The van der Waals surface area contributed by atoms with Crippen LogP contribution in [0.3, 0.4) is 0 Å². The van der Waals surface area contributed by atoms with Gasteiger partial charge in [-0.2, -0.15) is 0 Å². The van der Waals surface area contributed by atoms with E-state index in [2.05, 4.69) is 0 Å². The number of ketones is 1. The van der Waals surface area contributed by atoms with Crippen LogP contribution in [0.4, 0.5) is 0 Å². The molecule has 0 fully saturated rings. The summed E-state index contributed by atoms with van der Waals surface area (Å²) in [6.45, 7) is 1.60. The van der Waals surface area contributed by atoms with E-state index in [-0.39, 0.29) is 24.3 Å². The van der Waals surface area contributed by atoms with E-state index >= 15 is 0 Å². The topological polar surface area (TPSA) is 98.0 Å². The van der Waals surface area contributed by atoms with Gasteiger partial charge >= 0.3 is 0 Å². The lowest BCUT2D eigenvalue weighted by Gasteiger charge is -2.15. The molecule has 2 N–H and O–H groups in total. The van der Waals surface area contributed by atoms with Gasteiger partial charge in [-0.15, -0.1) is 0 Å². The van der Waals surface area contributed by atoms with Crippen LogP contribution in [0.5, 0.6) is 23.1 Å². The zero-order valence-corrected chi connectivity index (χ0v) is 13.7. The van der Waals surface area contributed by atoms with Gasteiger partial charge in [0.15, 0.2) is 11.5 Å². The van der Waals surface area contributed by atoms with Crippen molar-refractivity contribution in [1.82, 2.24) is 4.57 Å². The third-order valence-corrected chi connectivity index (χ3v) is 3.67. The zero-order valence-electron chi connectivity index (χ0n) is 13.7. The molecule has 0 unspecified atom stereocenters. The Morgan fingerprint density at radius 3 is 2.25 bits per heavy atom. The third-order valence-electron chi connectivity index (χ3n) is 3.67. The predicted molar refractivity (Wildman–Crippen MR) is 87.3 cm³/mol. The van der Waals surface area contributed by atoms with E-state index in [0.29, 0.717) is 11.3 Å². The minimum absolute atomic E-state index is 0.00922. The monoisotopic (exact) mass is 333 g/mol. The Morgan fingerprint density at radius 1 is 1.12 bits per heavy atom. The van der Waals surface area contributed by atoms with Crippen LogP contribution in [-0.2, 0) is 6.54 Å². The van der Waals surface area contributed by atoms with Crippen molar-refractivity contribution in [2.75, 3.05) is 14.2 Å². The van der Waals surface area contributed by atoms with E-state index in [4.69, 9.17) is 9.47 Å². The number of rotatable bonds is 6. The van der Waals surface area contributed by atoms with Gasteiger partial charge in [0.25, 0.3) is 5.56 Å². The Balaban J connectivity index is 2.59. The smallest absolute Gasteiger partial charge is 0.299 e. The molecule has 0 atom stereocenters. The average molecular weight is 333 g/mol. The van der Waals surface area contributed by atoms with Crippen LogP contribution >= 0.6 is 0 Å². The van der Waals surface area contributed by atoms with Crippen LogP contribution < -0.4 is 15.0 Å². The maximum absolute atomic E-state index is 12.4. The standard InChI is InChI=1S/C17H19NO6/c1-4-12(19)13-14(20)15(24-3)17(22)18(16(13)21)9-10-5-7-11(23-2)8-6-10/h5-8,20-21H,4,9H2,1-3H3. The molecule has 0 aliphatic heterocycles. The summed E-state index contributed by atoms with van der Waals surface area (Å²) < 4.78 is 11.0. The van der Waals surface area contributed by atoms with E-state index < -0.39 is 23.0 Å². The molecule has 7 heteroatoms. The third kappa shape index (κ3) is 3.05. The SMILES string of the molecule is CCC(=O)c1c(O)c(OC)c(=O)n(Cc2ccc(OC)cc2)c1O. The fourth-order valence-electron chi connectivity index (χ4n) is 2.35. The Bertz CT molecular complexity index is 807. The number of carbonyl (C=O) groups excluding carboxylic acids is 1. The second-order valence-corrected chi connectivity index (χ2v) is 5.10. The van der Waals surface area contributed by atoms with Crippen molar-refractivity contribution in [2.45, 2.75) is 19.9 Å². The minimum atomic E-state index is -0.726. The number of Topliss-reactive ketones (excluding diaryl/α,β-unsaturated/α-hetero) is 1. The maximum atomic E-state index is 12.4. The molecule has 0 aliphatic rings. The van der Waals surface area contributed by atoms with Gasteiger partial charge < -0.3 is 19.7 Å². The van der Waals surface area contributed by atoms with Gasteiger partial charge in [-0.05, 0) is 17.7 Å². The van der Waals surface area contributed by atoms with Crippen LogP contribution in [0.15, 0.2) is 29.1 Å². The predicted octanol–water partition coefficient (Wildman–Crippen LogP) is 1.92. The summed E-state index contributed by atoms with van der Waals surface area (Å²) in [4.78, 5) is 24.4. The molecule has 0 saturated heterocycles. The number of aromatic hydroxyl groups is 2. The molecule has 0 saturated carbocycles. The lowest BCUT2D eigenvalue weighted by Crippen LogP contribution is -2.24. The van der Waals surface area contributed by atoms with Gasteiger partial charge in [0.05, 0.1) is 20.8 Å². The number of benzene rings is 1. The highest BCUT2D eigenvalue weighted by Crippen LogP contribution is 2.34. The van der Waals surface area contributed by atoms with E-state index in [9.17, 15) is 19.8 Å². The molecule has 1 heterocycles. The van der Waals surface area contributed by atoms with E-state index in [1.54, 1.807) is 38.3 Å². The van der Waals surface area contributed by atoms with Crippen molar-refractivity contribution in [3.05, 3.63) is 45.7 Å². The molecule has 7 nitrogen and oxygen atoms in total. The second kappa shape index (κ2) is 7.08. The first kappa shape index (κ1) is 17.4. The van der Waals surface area contributed by atoms with Crippen molar-refractivity contribution in [2.24, 2.45) is 0 Å². The fraction of sp³-hybridized carbons (Fsp3) is 0.294. The molecule has 2 aromatic rings. The van der Waals surface area contributed by atoms with Crippen molar-refractivity contribution in [3.63, 3.8) is 0 Å². The maximum Gasteiger partial charge on any atom is 0.299 e.